The van der Waals surface area contributed by atoms with Crippen molar-refractivity contribution in [3.05, 3.63) is 0 Å². The van der Waals surface area contributed by atoms with Crippen molar-refractivity contribution in [1.29, 1.82) is 0 Å². The van der Waals surface area contributed by atoms with Crippen LogP contribution in [0.2, 0.25) is 0 Å². The van der Waals surface area contributed by atoms with Gasteiger partial charge in [0.2, 0.25) is 0 Å². The van der Waals surface area contributed by atoms with Crippen LogP contribution in [-0.2, 0) is 4.79 Å². The molecule has 0 unspecified atom stereocenters. The van der Waals surface area contributed by atoms with Gasteiger partial charge >= 0.3 is 75.5 Å². The molecule has 0 fully saturated rings. The second-order valence-electron chi connectivity index (χ2n) is 6.32. The summed E-state index contributed by atoms with van der Waals surface area (Å²) in [6, 6.07) is 0. The molecular formula is C19H35Ca2O5+. The van der Waals surface area contributed by atoms with Crippen molar-refractivity contribution >= 4 is 87.6 Å². The zero-order valence-electron chi connectivity index (χ0n) is 16.8. The predicted molar refractivity (Wildman–Crippen MR) is 101 cm³/mol. The van der Waals surface area contributed by atoms with Gasteiger partial charge in [-0.15, -0.1) is 0 Å². The van der Waals surface area contributed by atoms with E-state index in [1.165, 1.54) is 83.5 Å². The largest absolute Gasteiger partial charge is 2.00 e. The number of carboxylic acid groups (broad SMARTS) is 3. The predicted octanol–water partition coefficient (Wildman–Crippen LogP) is 1.79. The van der Waals surface area contributed by atoms with Crippen LogP contribution in [0.3, 0.4) is 0 Å². The van der Waals surface area contributed by atoms with Crippen molar-refractivity contribution < 1.29 is 24.9 Å². The Kier molecular flexibility index (Phi) is 41.4. The van der Waals surface area contributed by atoms with Crippen molar-refractivity contribution in [3.8, 4) is 0 Å². The molecule has 0 amide bonds. The van der Waals surface area contributed by atoms with Crippen molar-refractivity contribution in [3.63, 3.8) is 0 Å². The average molecular weight is 424 g/mol. The summed E-state index contributed by atoms with van der Waals surface area (Å²) >= 11 is 0. The fourth-order valence-corrected chi connectivity index (χ4v) is 2.64. The molecule has 0 bridgehead atoms. The summed E-state index contributed by atoms with van der Waals surface area (Å²) < 4.78 is 0. The van der Waals surface area contributed by atoms with E-state index in [1.807, 2.05) is 0 Å². The molecule has 0 spiro atoms. The van der Waals surface area contributed by atoms with Crippen LogP contribution in [0.25, 0.3) is 0 Å². The van der Waals surface area contributed by atoms with E-state index in [0.717, 1.165) is 12.8 Å². The van der Waals surface area contributed by atoms with Crippen LogP contribution in [0, 0.1) is 0 Å². The van der Waals surface area contributed by atoms with E-state index in [4.69, 9.17) is 15.0 Å². The Morgan fingerprint density at radius 2 is 0.769 bits per heavy atom. The second-order valence-corrected chi connectivity index (χ2v) is 6.32. The maximum atomic E-state index is 10.2. The Bertz CT molecular complexity index is 285. The number of carbonyl (C=O) groups is 2. The van der Waals surface area contributed by atoms with Crippen molar-refractivity contribution in [2.24, 2.45) is 0 Å². The Morgan fingerprint density at radius 1 is 0.538 bits per heavy atom. The molecular weight excluding hydrogens is 388 g/mol. The van der Waals surface area contributed by atoms with E-state index in [-0.39, 0.29) is 81.9 Å². The molecule has 0 heterocycles. The topological polar surface area (TPSA) is 103 Å². The number of rotatable bonds is 16. The van der Waals surface area contributed by atoms with Crippen molar-refractivity contribution in [2.75, 3.05) is 0 Å². The van der Waals surface area contributed by atoms with E-state index in [9.17, 15) is 9.90 Å². The molecule has 0 radical (unpaired) electrons. The molecule has 7 heteroatoms. The van der Waals surface area contributed by atoms with Gasteiger partial charge in [-0.25, -0.2) is 0 Å². The molecule has 0 saturated heterocycles. The minimum atomic E-state index is -2.33. The maximum Gasteiger partial charge on any atom is 2.00 e. The molecule has 0 atom stereocenters. The summed E-state index contributed by atoms with van der Waals surface area (Å²) in [5.74, 6) is -0.903. The molecule has 0 aliphatic carbocycles. The number of hydrogen-bond acceptors (Lipinski definition) is 5. The van der Waals surface area contributed by atoms with E-state index in [2.05, 4.69) is 6.92 Å². The van der Waals surface area contributed by atoms with Gasteiger partial charge in [-0.1, -0.05) is 96.8 Å². The molecule has 0 aromatic rings. The van der Waals surface area contributed by atoms with Crippen LogP contribution < -0.4 is 15.3 Å². The van der Waals surface area contributed by atoms with Crippen molar-refractivity contribution in [1.82, 2.24) is 0 Å². The quantitative estimate of drug-likeness (QED) is 0.278. The monoisotopic (exact) mass is 423 g/mol. The standard InChI is InChI=1S/C18H36O2.CH2O3.2Ca/c1-2-3-4-5-6-7-8-9-10-11-12-13-14-15-16-17-18(19)20;2-1(3)4;;/h2-17H2,1H3,(H,19,20);(H2,2,3,4);;/q;;2*+2/p-3. The Labute approximate surface area is 219 Å². The SMILES string of the molecule is CCCCCCCCCCCCCCCCCC(=O)[O-].O=C([O-])[O-].[Ca+2].[Ca+2]. The molecule has 0 aliphatic heterocycles. The molecule has 144 valence electrons. The second kappa shape index (κ2) is 31.0. The first kappa shape index (κ1) is 34.7. The zero-order chi connectivity index (χ0) is 18.5. The maximum absolute atomic E-state index is 10.2. The number of hydrogen-bond donors (Lipinski definition) is 0. The smallest absolute Gasteiger partial charge is 0.652 e. The van der Waals surface area contributed by atoms with Crippen LogP contribution in [-0.4, -0.2) is 87.6 Å². The van der Waals surface area contributed by atoms with Gasteiger partial charge in [0.1, 0.15) is 0 Å². The molecule has 0 saturated carbocycles. The van der Waals surface area contributed by atoms with Crippen LogP contribution in [0.1, 0.15) is 110 Å². The third-order valence-electron chi connectivity index (χ3n) is 3.98. The van der Waals surface area contributed by atoms with Gasteiger partial charge in [0.05, 0.1) is 0 Å². The number of carboxylic acids is 1. The summed E-state index contributed by atoms with van der Waals surface area (Å²) in [7, 11) is 0. The third-order valence-corrected chi connectivity index (χ3v) is 3.98. The normalized spacial score (nSPS) is 9.27. The van der Waals surface area contributed by atoms with E-state index < -0.39 is 12.1 Å². The van der Waals surface area contributed by atoms with E-state index in [1.54, 1.807) is 0 Å². The molecule has 5 nitrogen and oxygen atoms in total. The van der Waals surface area contributed by atoms with Crippen LogP contribution >= 0.6 is 0 Å². The van der Waals surface area contributed by atoms with Crippen LogP contribution in [0.5, 0.6) is 0 Å². The minimum absolute atomic E-state index is 0. The van der Waals surface area contributed by atoms with E-state index in [0.29, 0.717) is 0 Å². The third kappa shape index (κ3) is 44.6. The number of carbonyl (C=O) groups excluding carboxylic acids is 2. The summed E-state index contributed by atoms with van der Waals surface area (Å²) in [4.78, 5) is 18.6. The summed E-state index contributed by atoms with van der Waals surface area (Å²) in [5.41, 5.74) is 0. The van der Waals surface area contributed by atoms with Gasteiger partial charge in [-0.05, 0) is 19.0 Å². The zero-order valence-corrected chi connectivity index (χ0v) is 21.2. The minimum Gasteiger partial charge on any atom is -0.652 e. The number of unbranched alkanes of at least 4 members (excludes halogenated alkanes) is 14. The fraction of sp³-hybridized carbons (Fsp3) is 0.895. The van der Waals surface area contributed by atoms with Gasteiger partial charge in [-0.3, -0.25) is 0 Å². The number of aliphatic carboxylic acids is 1. The van der Waals surface area contributed by atoms with Crippen molar-refractivity contribution in [2.45, 2.75) is 110 Å². The first-order chi connectivity index (χ1) is 11.5. The molecule has 26 heavy (non-hydrogen) atoms. The fourth-order valence-electron chi connectivity index (χ4n) is 2.64. The Morgan fingerprint density at radius 3 is 1.00 bits per heavy atom. The summed E-state index contributed by atoms with van der Waals surface area (Å²) in [6.45, 7) is 2.27. The van der Waals surface area contributed by atoms with Gasteiger partial charge in [0.25, 0.3) is 0 Å². The van der Waals surface area contributed by atoms with Gasteiger partial charge < -0.3 is 24.9 Å². The van der Waals surface area contributed by atoms with Crippen LogP contribution in [0.15, 0.2) is 0 Å². The Hall–Kier alpha value is 1.26. The molecule has 0 rings (SSSR count). The average Bonchev–Trinajstić information content (AvgIpc) is 2.50. The summed E-state index contributed by atoms with van der Waals surface area (Å²) in [6.07, 6.45) is 17.5. The van der Waals surface area contributed by atoms with Gasteiger partial charge in [-0.2, -0.15) is 0 Å². The molecule has 0 aromatic carbocycles. The molecule has 0 N–H and O–H groups in total. The van der Waals surface area contributed by atoms with E-state index >= 15 is 0 Å². The first-order valence-electron chi connectivity index (χ1n) is 9.58. The van der Waals surface area contributed by atoms with Gasteiger partial charge in [0, 0.05) is 5.97 Å². The Balaban J connectivity index is -0.000000363. The molecule has 0 aromatic heterocycles. The first-order valence-corrected chi connectivity index (χ1v) is 9.58. The van der Waals surface area contributed by atoms with Crippen LogP contribution in [0.4, 0.5) is 4.79 Å². The molecule has 0 aliphatic rings. The summed E-state index contributed by atoms with van der Waals surface area (Å²) in [5, 5.41) is 26.9. The van der Waals surface area contributed by atoms with Gasteiger partial charge in [0.15, 0.2) is 0 Å².